The van der Waals surface area contributed by atoms with Crippen molar-refractivity contribution in [3.63, 3.8) is 0 Å². The number of anilines is 1. The molecule has 2 aromatic rings. The van der Waals surface area contributed by atoms with E-state index in [0.717, 1.165) is 18.5 Å². The second kappa shape index (κ2) is 8.36. The van der Waals surface area contributed by atoms with E-state index in [1.54, 1.807) is 6.07 Å². The quantitative estimate of drug-likeness (QED) is 0.435. The molecule has 0 atom stereocenters. The summed E-state index contributed by atoms with van der Waals surface area (Å²) < 4.78 is 38.1. The van der Waals surface area contributed by atoms with Gasteiger partial charge in [0.05, 0.1) is 23.1 Å². The van der Waals surface area contributed by atoms with Gasteiger partial charge in [0, 0.05) is 17.7 Å². The molecule has 27 heavy (non-hydrogen) atoms. The summed E-state index contributed by atoms with van der Waals surface area (Å²) in [7, 11) is -3.90. The number of sulfonamides is 1. The number of carbonyl (C=O) groups excluding carboxylic acids is 1. The molecule has 1 amide bonds. The van der Waals surface area contributed by atoms with Crippen LogP contribution in [0.3, 0.4) is 0 Å². The molecular formula is C16H15FN4O5S. The molecule has 2 aromatic carbocycles. The number of benzene rings is 2. The molecule has 0 fully saturated rings. The van der Waals surface area contributed by atoms with Crippen molar-refractivity contribution in [3.8, 4) is 0 Å². The Kier molecular flexibility index (Phi) is 6.19. The first-order valence-corrected chi connectivity index (χ1v) is 9.32. The number of nitrogens with zero attached hydrogens (tertiary/aromatic N) is 3. The zero-order valence-electron chi connectivity index (χ0n) is 14.1. The largest absolute Gasteiger partial charge is 0.271 e. The maximum absolute atomic E-state index is 13.5. The van der Waals surface area contributed by atoms with Gasteiger partial charge in [-0.05, 0) is 12.1 Å². The summed E-state index contributed by atoms with van der Waals surface area (Å²) in [6, 6.07) is 10.6. The average Bonchev–Trinajstić information content (AvgIpc) is 2.60. The van der Waals surface area contributed by atoms with E-state index in [1.165, 1.54) is 36.4 Å². The standard InChI is InChI=1S/C16H15FN4O5S/c1-27(25,26)20(13-6-4-7-14(9-13)21(23)24)11-16(22)19-18-10-12-5-2-3-8-15(12)17/h2-10H,11H2,1H3,(H,19,22)/b18-10-. The van der Waals surface area contributed by atoms with Crippen molar-refractivity contribution < 1.29 is 22.5 Å². The van der Waals surface area contributed by atoms with Crippen molar-refractivity contribution in [3.05, 3.63) is 70.0 Å². The third-order valence-corrected chi connectivity index (χ3v) is 4.45. The Morgan fingerprint density at radius 1 is 1.30 bits per heavy atom. The Balaban J connectivity index is 2.15. The van der Waals surface area contributed by atoms with Gasteiger partial charge in [-0.25, -0.2) is 18.2 Å². The molecule has 9 nitrogen and oxygen atoms in total. The molecule has 2 rings (SSSR count). The van der Waals surface area contributed by atoms with E-state index in [-0.39, 0.29) is 16.9 Å². The molecule has 0 unspecified atom stereocenters. The highest BCUT2D eigenvalue weighted by Crippen LogP contribution is 2.22. The lowest BCUT2D eigenvalue weighted by Gasteiger charge is -2.21. The van der Waals surface area contributed by atoms with Crippen LogP contribution < -0.4 is 9.73 Å². The Morgan fingerprint density at radius 2 is 2.00 bits per heavy atom. The number of rotatable bonds is 7. The van der Waals surface area contributed by atoms with Crippen LogP contribution in [0.2, 0.25) is 0 Å². The number of halogens is 1. The number of nitro benzene ring substituents is 1. The summed E-state index contributed by atoms with van der Waals surface area (Å²) in [5, 5.41) is 14.4. The monoisotopic (exact) mass is 394 g/mol. The molecule has 0 saturated heterocycles. The SMILES string of the molecule is CS(=O)(=O)N(CC(=O)N/N=C\c1ccccc1F)c1cccc([N+](=O)[O-])c1. The van der Waals surface area contributed by atoms with Gasteiger partial charge in [-0.3, -0.25) is 19.2 Å². The van der Waals surface area contributed by atoms with Gasteiger partial charge in [0.25, 0.3) is 11.6 Å². The zero-order chi connectivity index (χ0) is 20.0. The molecular weight excluding hydrogens is 379 g/mol. The lowest BCUT2D eigenvalue weighted by atomic mass is 10.2. The number of hydrogen-bond donors (Lipinski definition) is 1. The summed E-state index contributed by atoms with van der Waals surface area (Å²) in [6.45, 7) is -0.658. The summed E-state index contributed by atoms with van der Waals surface area (Å²) in [5.74, 6) is -1.34. The predicted octanol–water partition coefficient (Wildman–Crippen LogP) is 1.65. The minimum atomic E-state index is -3.90. The van der Waals surface area contributed by atoms with Gasteiger partial charge >= 0.3 is 0 Å². The molecule has 0 aliphatic carbocycles. The maximum atomic E-state index is 13.5. The van der Waals surface area contributed by atoms with Crippen LogP contribution in [0.1, 0.15) is 5.56 Å². The summed E-state index contributed by atoms with van der Waals surface area (Å²) in [4.78, 5) is 22.2. The number of amides is 1. The molecule has 0 spiro atoms. The Bertz CT molecular complexity index is 994. The highest BCUT2D eigenvalue weighted by molar-refractivity contribution is 7.92. The van der Waals surface area contributed by atoms with Crippen molar-refractivity contribution in [2.24, 2.45) is 5.10 Å². The Morgan fingerprint density at radius 3 is 2.63 bits per heavy atom. The van der Waals surface area contributed by atoms with E-state index in [4.69, 9.17) is 0 Å². The van der Waals surface area contributed by atoms with Gasteiger partial charge in [0.15, 0.2) is 0 Å². The Labute approximate surface area is 154 Å². The topological polar surface area (TPSA) is 122 Å². The van der Waals surface area contributed by atoms with Gasteiger partial charge < -0.3 is 0 Å². The third-order valence-electron chi connectivity index (χ3n) is 3.31. The number of nitro groups is 1. The Hall–Kier alpha value is -3.34. The first-order valence-electron chi connectivity index (χ1n) is 7.47. The molecule has 0 bridgehead atoms. The number of non-ortho nitro benzene ring substituents is 1. The molecule has 0 radical (unpaired) electrons. The fourth-order valence-corrected chi connectivity index (χ4v) is 2.93. The number of carbonyl (C=O) groups is 1. The third kappa shape index (κ3) is 5.57. The van der Waals surface area contributed by atoms with E-state index in [2.05, 4.69) is 10.5 Å². The highest BCUT2D eigenvalue weighted by atomic mass is 32.2. The maximum Gasteiger partial charge on any atom is 0.271 e. The van der Waals surface area contributed by atoms with Crippen molar-refractivity contribution in [1.82, 2.24) is 5.43 Å². The fraction of sp³-hybridized carbons (Fsp3) is 0.125. The molecule has 0 aliphatic rings. The van der Waals surface area contributed by atoms with Gasteiger partial charge in [-0.1, -0.05) is 24.3 Å². The van der Waals surface area contributed by atoms with Crippen LogP contribution in [-0.4, -0.2) is 38.3 Å². The molecule has 0 saturated carbocycles. The first-order chi connectivity index (χ1) is 12.7. The van der Waals surface area contributed by atoms with Crippen LogP contribution in [0.5, 0.6) is 0 Å². The second-order valence-corrected chi connectivity index (χ2v) is 7.27. The average molecular weight is 394 g/mol. The molecule has 1 N–H and O–H groups in total. The minimum Gasteiger partial charge on any atom is -0.271 e. The predicted molar refractivity (Wildman–Crippen MR) is 97.4 cm³/mol. The molecule has 11 heteroatoms. The van der Waals surface area contributed by atoms with Crippen LogP contribution in [-0.2, 0) is 14.8 Å². The lowest BCUT2D eigenvalue weighted by Crippen LogP contribution is -2.39. The van der Waals surface area contributed by atoms with Crippen molar-refractivity contribution in [2.75, 3.05) is 17.1 Å². The van der Waals surface area contributed by atoms with E-state index in [9.17, 15) is 27.7 Å². The zero-order valence-corrected chi connectivity index (χ0v) is 14.9. The summed E-state index contributed by atoms with van der Waals surface area (Å²) in [5.41, 5.74) is 1.87. The summed E-state index contributed by atoms with van der Waals surface area (Å²) >= 11 is 0. The van der Waals surface area contributed by atoms with Gasteiger partial charge in [0.2, 0.25) is 10.0 Å². The molecule has 0 aromatic heterocycles. The number of nitrogens with one attached hydrogen (secondary N) is 1. The lowest BCUT2D eigenvalue weighted by molar-refractivity contribution is -0.384. The second-order valence-electron chi connectivity index (χ2n) is 5.36. The van der Waals surface area contributed by atoms with Crippen molar-refractivity contribution in [1.29, 1.82) is 0 Å². The van der Waals surface area contributed by atoms with Crippen LogP contribution in [0.4, 0.5) is 15.8 Å². The molecule has 142 valence electrons. The normalized spacial score (nSPS) is 11.3. The minimum absolute atomic E-state index is 0.0417. The van der Waals surface area contributed by atoms with E-state index in [0.29, 0.717) is 4.31 Å². The van der Waals surface area contributed by atoms with Gasteiger partial charge in [-0.15, -0.1) is 0 Å². The van der Waals surface area contributed by atoms with Crippen molar-refractivity contribution >= 4 is 33.5 Å². The highest BCUT2D eigenvalue weighted by Gasteiger charge is 2.22. The van der Waals surface area contributed by atoms with E-state index < -0.39 is 33.2 Å². The fourth-order valence-electron chi connectivity index (χ4n) is 2.08. The molecule has 0 aliphatic heterocycles. The van der Waals surface area contributed by atoms with Crippen LogP contribution in [0, 0.1) is 15.9 Å². The van der Waals surface area contributed by atoms with E-state index >= 15 is 0 Å². The number of hydrogen-bond acceptors (Lipinski definition) is 6. The van der Waals surface area contributed by atoms with Crippen molar-refractivity contribution in [2.45, 2.75) is 0 Å². The molecule has 0 heterocycles. The smallest absolute Gasteiger partial charge is 0.271 e. The van der Waals surface area contributed by atoms with E-state index in [1.807, 2.05) is 0 Å². The van der Waals surface area contributed by atoms with Gasteiger partial charge in [0.1, 0.15) is 12.4 Å². The van der Waals surface area contributed by atoms with Gasteiger partial charge in [-0.2, -0.15) is 5.10 Å². The van der Waals surface area contributed by atoms with Crippen LogP contribution >= 0.6 is 0 Å². The summed E-state index contributed by atoms with van der Waals surface area (Å²) in [6.07, 6.45) is 1.94. The van der Waals surface area contributed by atoms with Crippen LogP contribution in [0.25, 0.3) is 0 Å². The first kappa shape index (κ1) is 20.0. The number of hydrazone groups is 1. The van der Waals surface area contributed by atoms with Crippen LogP contribution in [0.15, 0.2) is 53.6 Å².